The molecule has 0 aliphatic carbocycles. The van der Waals surface area contributed by atoms with Gasteiger partial charge in [-0.15, -0.1) is 0 Å². The zero-order valence-electron chi connectivity index (χ0n) is 13.3. The van der Waals surface area contributed by atoms with Gasteiger partial charge in [-0.25, -0.2) is 0 Å². The third-order valence-corrected chi connectivity index (χ3v) is 5.32. The van der Waals surface area contributed by atoms with Crippen LogP contribution in [0.15, 0.2) is 54.6 Å². The van der Waals surface area contributed by atoms with Crippen molar-refractivity contribution in [1.29, 1.82) is 0 Å². The maximum atomic E-state index is 12.6. The first kappa shape index (κ1) is 15.9. The lowest BCUT2D eigenvalue weighted by molar-refractivity contribution is -0.130. The van der Waals surface area contributed by atoms with Crippen LogP contribution < -0.4 is 4.74 Å². The maximum absolute atomic E-state index is 12.6. The lowest BCUT2D eigenvalue weighted by Crippen LogP contribution is -2.40. The van der Waals surface area contributed by atoms with Gasteiger partial charge in [0.05, 0.1) is 13.5 Å². The molecule has 4 heteroatoms. The van der Waals surface area contributed by atoms with Gasteiger partial charge in [0.1, 0.15) is 5.75 Å². The molecule has 0 saturated carbocycles. The van der Waals surface area contributed by atoms with Crippen LogP contribution in [0, 0.1) is 0 Å². The van der Waals surface area contributed by atoms with Crippen LogP contribution in [0.2, 0.25) is 0 Å². The van der Waals surface area contributed by atoms with E-state index >= 15 is 0 Å². The summed E-state index contributed by atoms with van der Waals surface area (Å²) in [5.41, 5.74) is 2.31. The first-order valence-corrected chi connectivity index (χ1v) is 8.88. The van der Waals surface area contributed by atoms with Crippen molar-refractivity contribution in [2.24, 2.45) is 0 Å². The Morgan fingerprint density at radius 2 is 2.04 bits per heavy atom. The van der Waals surface area contributed by atoms with E-state index in [9.17, 15) is 4.79 Å². The average Bonchev–Trinajstić information content (AvgIpc) is 2.63. The minimum absolute atomic E-state index is 0.194. The number of hydrogen-bond donors (Lipinski definition) is 0. The van der Waals surface area contributed by atoms with E-state index in [1.54, 1.807) is 7.11 Å². The van der Waals surface area contributed by atoms with Crippen LogP contribution in [0.4, 0.5) is 0 Å². The molecule has 0 aromatic heterocycles. The predicted octanol–water partition coefficient (Wildman–Crippen LogP) is 3.55. The molecule has 1 amide bonds. The van der Waals surface area contributed by atoms with E-state index in [1.807, 2.05) is 47.0 Å². The minimum atomic E-state index is 0.194. The van der Waals surface area contributed by atoms with Gasteiger partial charge in [0.25, 0.3) is 0 Å². The second-order valence-corrected chi connectivity index (χ2v) is 6.95. The molecule has 0 radical (unpaired) electrons. The molecule has 1 aliphatic heterocycles. The first-order chi connectivity index (χ1) is 11.3. The van der Waals surface area contributed by atoms with E-state index in [0.717, 1.165) is 30.2 Å². The largest absolute Gasteiger partial charge is 0.497 e. The molecule has 0 N–H and O–H groups in total. The highest BCUT2D eigenvalue weighted by molar-refractivity contribution is 7.99. The van der Waals surface area contributed by atoms with Crippen LogP contribution in [0.5, 0.6) is 5.75 Å². The first-order valence-electron chi connectivity index (χ1n) is 7.83. The van der Waals surface area contributed by atoms with Gasteiger partial charge in [-0.2, -0.15) is 11.8 Å². The summed E-state index contributed by atoms with van der Waals surface area (Å²) >= 11 is 1.94. The standard InChI is InChI=1S/C19H21NO2S/c1-22-17-9-5-6-15(12-17)13-19(21)20-10-11-23-18(14-20)16-7-3-2-4-8-16/h2-9,12,18H,10-11,13-14H2,1H3. The summed E-state index contributed by atoms with van der Waals surface area (Å²) in [4.78, 5) is 14.6. The van der Waals surface area contributed by atoms with Crippen molar-refractivity contribution in [2.45, 2.75) is 11.7 Å². The summed E-state index contributed by atoms with van der Waals surface area (Å²) in [6.45, 7) is 1.62. The summed E-state index contributed by atoms with van der Waals surface area (Å²) in [6.07, 6.45) is 0.434. The van der Waals surface area contributed by atoms with Gasteiger partial charge in [-0.3, -0.25) is 4.79 Å². The number of ether oxygens (including phenoxy) is 1. The Morgan fingerprint density at radius 3 is 2.83 bits per heavy atom. The number of nitrogens with zero attached hydrogens (tertiary/aromatic N) is 1. The molecular formula is C19H21NO2S. The van der Waals surface area contributed by atoms with Gasteiger partial charge in [0.2, 0.25) is 5.91 Å². The number of benzene rings is 2. The van der Waals surface area contributed by atoms with Crippen LogP contribution in [-0.2, 0) is 11.2 Å². The van der Waals surface area contributed by atoms with Crippen molar-refractivity contribution in [1.82, 2.24) is 4.90 Å². The summed E-state index contributed by atoms with van der Waals surface area (Å²) < 4.78 is 5.23. The van der Waals surface area contributed by atoms with Crippen LogP contribution in [-0.4, -0.2) is 36.8 Å². The third-order valence-electron chi connectivity index (χ3n) is 4.08. The van der Waals surface area contributed by atoms with Crippen molar-refractivity contribution >= 4 is 17.7 Å². The number of rotatable bonds is 4. The van der Waals surface area contributed by atoms with Gasteiger partial charge < -0.3 is 9.64 Å². The Kier molecular flexibility index (Phi) is 5.23. The van der Waals surface area contributed by atoms with Gasteiger partial charge in [0.15, 0.2) is 0 Å². The third kappa shape index (κ3) is 4.08. The number of carbonyl (C=O) groups is 1. The molecule has 1 heterocycles. The fourth-order valence-electron chi connectivity index (χ4n) is 2.81. The van der Waals surface area contributed by atoms with Gasteiger partial charge in [-0.1, -0.05) is 42.5 Å². The highest BCUT2D eigenvalue weighted by Gasteiger charge is 2.25. The normalized spacial score (nSPS) is 17.8. The van der Waals surface area contributed by atoms with Crippen molar-refractivity contribution in [2.75, 3.05) is 26.0 Å². The zero-order valence-corrected chi connectivity index (χ0v) is 14.1. The number of amides is 1. The molecular weight excluding hydrogens is 306 g/mol. The topological polar surface area (TPSA) is 29.5 Å². The Bertz CT molecular complexity index is 659. The van der Waals surface area contributed by atoms with Crippen LogP contribution in [0.3, 0.4) is 0 Å². The summed E-state index contributed by atoms with van der Waals surface area (Å²) in [7, 11) is 1.65. The Labute approximate surface area is 141 Å². The molecule has 23 heavy (non-hydrogen) atoms. The second-order valence-electron chi connectivity index (χ2n) is 5.64. The van der Waals surface area contributed by atoms with Crippen molar-refractivity contribution in [3.63, 3.8) is 0 Å². The second kappa shape index (κ2) is 7.55. The maximum Gasteiger partial charge on any atom is 0.227 e. The molecule has 2 aromatic rings. The molecule has 1 atom stereocenters. The average molecular weight is 327 g/mol. The predicted molar refractivity (Wildman–Crippen MR) is 94.9 cm³/mol. The van der Waals surface area contributed by atoms with Gasteiger partial charge in [0, 0.05) is 24.1 Å². The smallest absolute Gasteiger partial charge is 0.227 e. The number of methoxy groups -OCH3 is 1. The van der Waals surface area contributed by atoms with E-state index in [2.05, 4.69) is 24.3 Å². The SMILES string of the molecule is COc1cccc(CC(=O)N2CCSC(c3ccccc3)C2)c1. The number of carbonyl (C=O) groups excluding carboxylic acids is 1. The molecule has 0 spiro atoms. The highest BCUT2D eigenvalue weighted by atomic mass is 32.2. The fourth-order valence-corrected chi connectivity index (χ4v) is 4.06. The molecule has 0 bridgehead atoms. The Hall–Kier alpha value is -1.94. The molecule has 2 aromatic carbocycles. The summed E-state index contributed by atoms with van der Waals surface area (Å²) in [5.74, 6) is 1.98. The molecule has 3 rings (SSSR count). The molecule has 1 unspecified atom stereocenters. The van der Waals surface area contributed by atoms with E-state index < -0.39 is 0 Å². The fraction of sp³-hybridized carbons (Fsp3) is 0.316. The quantitative estimate of drug-likeness (QED) is 0.860. The summed E-state index contributed by atoms with van der Waals surface area (Å²) in [6, 6.07) is 18.2. The molecule has 1 saturated heterocycles. The number of thioether (sulfide) groups is 1. The zero-order chi connectivity index (χ0) is 16.1. The van der Waals surface area contributed by atoms with Crippen molar-refractivity contribution in [3.05, 3.63) is 65.7 Å². The van der Waals surface area contributed by atoms with Crippen molar-refractivity contribution < 1.29 is 9.53 Å². The minimum Gasteiger partial charge on any atom is -0.497 e. The van der Waals surface area contributed by atoms with Crippen molar-refractivity contribution in [3.8, 4) is 5.75 Å². The van der Waals surface area contributed by atoms with Gasteiger partial charge in [-0.05, 0) is 23.3 Å². The molecule has 120 valence electrons. The van der Waals surface area contributed by atoms with E-state index in [-0.39, 0.29) is 5.91 Å². The molecule has 1 fully saturated rings. The van der Waals surface area contributed by atoms with E-state index in [0.29, 0.717) is 11.7 Å². The Morgan fingerprint density at radius 1 is 1.22 bits per heavy atom. The lowest BCUT2D eigenvalue weighted by atomic mass is 10.1. The number of hydrogen-bond acceptors (Lipinski definition) is 3. The van der Waals surface area contributed by atoms with E-state index in [1.165, 1.54) is 5.56 Å². The van der Waals surface area contributed by atoms with E-state index in [4.69, 9.17) is 4.74 Å². The van der Waals surface area contributed by atoms with Crippen LogP contribution >= 0.6 is 11.8 Å². The molecule has 3 nitrogen and oxygen atoms in total. The monoisotopic (exact) mass is 327 g/mol. The molecule has 1 aliphatic rings. The highest BCUT2D eigenvalue weighted by Crippen LogP contribution is 2.33. The van der Waals surface area contributed by atoms with Crippen LogP contribution in [0.1, 0.15) is 16.4 Å². The van der Waals surface area contributed by atoms with Crippen LogP contribution in [0.25, 0.3) is 0 Å². The lowest BCUT2D eigenvalue weighted by Gasteiger charge is -2.32. The van der Waals surface area contributed by atoms with Gasteiger partial charge >= 0.3 is 0 Å². The Balaban J connectivity index is 1.65. The summed E-state index contributed by atoms with van der Waals surface area (Å²) in [5, 5.41) is 0.374.